The Labute approximate surface area is 141 Å². The van der Waals surface area contributed by atoms with Crippen molar-refractivity contribution in [3.63, 3.8) is 0 Å². The normalized spacial score (nSPS) is 15.7. The first-order valence-corrected chi connectivity index (χ1v) is 8.64. The van der Waals surface area contributed by atoms with E-state index >= 15 is 0 Å². The van der Waals surface area contributed by atoms with Crippen molar-refractivity contribution in [2.24, 2.45) is 5.92 Å². The molecule has 0 spiro atoms. The summed E-state index contributed by atoms with van der Waals surface area (Å²) in [4.78, 5) is 16.5. The lowest BCUT2D eigenvalue weighted by molar-refractivity contribution is 0.0995. The summed E-state index contributed by atoms with van der Waals surface area (Å²) in [6, 6.07) is 16.7. The third-order valence-electron chi connectivity index (χ3n) is 4.82. The number of rotatable bonds is 6. The van der Waals surface area contributed by atoms with Gasteiger partial charge in [-0.15, -0.1) is 0 Å². The van der Waals surface area contributed by atoms with Crippen molar-refractivity contribution < 1.29 is 4.42 Å². The fourth-order valence-corrected chi connectivity index (χ4v) is 3.60. The van der Waals surface area contributed by atoms with Gasteiger partial charge in [-0.2, -0.15) is 0 Å². The van der Waals surface area contributed by atoms with E-state index in [9.17, 15) is 4.79 Å². The van der Waals surface area contributed by atoms with Crippen LogP contribution in [0.4, 0.5) is 0 Å². The topological polar surface area (TPSA) is 49.2 Å². The molecule has 0 saturated carbocycles. The summed E-state index contributed by atoms with van der Waals surface area (Å²) >= 11 is 0. The van der Waals surface area contributed by atoms with E-state index in [1.807, 2.05) is 12.1 Å². The van der Waals surface area contributed by atoms with Gasteiger partial charge in [-0.05, 0) is 55.0 Å². The SMILES string of the molecule is O=c1[nH]c2cc(CC3CN(CCCc4ccccc4)C3)ccc2o1. The summed E-state index contributed by atoms with van der Waals surface area (Å²) in [5, 5.41) is 0. The quantitative estimate of drug-likeness (QED) is 0.758. The first-order chi connectivity index (χ1) is 11.8. The maximum atomic E-state index is 11.2. The van der Waals surface area contributed by atoms with Crippen molar-refractivity contribution in [2.45, 2.75) is 19.3 Å². The molecule has 1 saturated heterocycles. The maximum absolute atomic E-state index is 11.2. The Morgan fingerprint density at radius 2 is 1.92 bits per heavy atom. The molecule has 2 aromatic carbocycles. The number of nitrogens with zero attached hydrogens (tertiary/aromatic N) is 1. The zero-order chi connectivity index (χ0) is 16.4. The molecule has 0 bridgehead atoms. The third kappa shape index (κ3) is 3.44. The van der Waals surface area contributed by atoms with Crippen LogP contribution in [-0.2, 0) is 12.8 Å². The molecule has 0 aliphatic carbocycles. The van der Waals surface area contributed by atoms with Crippen LogP contribution >= 0.6 is 0 Å². The highest BCUT2D eigenvalue weighted by molar-refractivity contribution is 5.72. The number of aromatic nitrogens is 1. The standard InChI is InChI=1S/C20H22N2O2/c23-20-21-18-12-16(8-9-19(18)24-20)11-17-13-22(14-17)10-4-7-15-5-2-1-3-6-15/h1-3,5-6,8-9,12,17H,4,7,10-11,13-14H2,(H,21,23). The Kier molecular flexibility index (Phi) is 4.22. The van der Waals surface area contributed by atoms with E-state index in [4.69, 9.17) is 4.42 Å². The fraction of sp³-hybridized carbons (Fsp3) is 0.350. The van der Waals surface area contributed by atoms with E-state index in [0.717, 1.165) is 24.3 Å². The monoisotopic (exact) mass is 322 g/mol. The number of likely N-dealkylation sites (tertiary alicyclic amines) is 1. The molecule has 0 amide bonds. The van der Waals surface area contributed by atoms with E-state index in [1.54, 1.807) is 0 Å². The van der Waals surface area contributed by atoms with Gasteiger partial charge in [0.25, 0.3) is 0 Å². The number of aryl methyl sites for hydroxylation is 1. The number of oxazole rings is 1. The van der Waals surface area contributed by atoms with Gasteiger partial charge in [0.15, 0.2) is 5.58 Å². The van der Waals surface area contributed by atoms with Gasteiger partial charge in [0, 0.05) is 13.1 Å². The molecule has 124 valence electrons. The average Bonchev–Trinajstić information content (AvgIpc) is 2.92. The van der Waals surface area contributed by atoms with Crippen LogP contribution in [0.5, 0.6) is 0 Å². The molecule has 2 heterocycles. The number of H-pyrrole nitrogens is 1. The Morgan fingerprint density at radius 3 is 2.75 bits per heavy atom. The van der Waals surface area contributed by atoms with E-state index in [-0.39, 0.29) is 5.76 Å². The van der Waals surface area contributed by atoms with Crippen LogP contribution in [0.2, 0.25) is 0 Å². The van der Waals surface area contributed by atoms with Crippen molar-refractivity contribution in [3.8, 4) is 0 Å². The van der Waals surface area contributed by atoms with Crippen LogP contribution in [-0.4, -0.2) is 29.5 Å². The lowest BCUT2D eigenvalue weighted by Crippen LogP contribution is -2.47. The highest BCUT2D eigenvalue weighted by Gasteiger charge is 2.26. The maximum Gasteiger partial charge on any atom is 0.417 e. The molecule has 1 N–H and O–H groups in total. The molecule has 0 atom stereocenters. The summed E-state index contributed by atoms with van der Waals surface area (Å²) in [7, 11) is 0. The van der Waals surface area contributed by atoms with Gasteiger partial charge in [0.2, 0.25) is 0 Å². The van der Waals surface area contributed by atoms with E-state index < -0.39 is 0 Å². The second-order valence-electron chi connectivity index (χ2n) is 6.76. The van der Waals surface area contributed by atoms with Gasteiger partial charge in [-0.1, -0.05) is 36.4 Å². The van der Waals surface area contributed by atoms with Crippen LogP contribution in [0.1, 0.15) is 17.5 Å². The highest BCUT2D eigenvalue weighted by atomic mass is 16.4. The first-order valence-electron chi connectivity index (χ1n) is 8.64. The zero-order valence-corrected chi connectivity index (χ0v) is 13.7. The fourth-order valence-electron chi connectivity index (χ4n) is 3.60. The van der Waals surface area contributed by atoms with E-state index in [0.29, 0.717) is 5.58 Å². The van der Waals surface area contributed by atoms with Gasteiger partial charge in [-0.25, -0.2) is 4.79 Å². The van der Waals surface area contributed by atoms with Crippen molar-refractivity contribution in [1.29, 1.82) is 0 Å². The molecule has 1 aliphatic heterocycles. The van der Waals surface area contributed by atoms with Gasteiger partial charge < -0.3 is 9.32 Å². The minimum atomic E-state index is -0.379. The Morgan fingerprint density at radius 1 is 1.08 bits per heavy atom. The summed E-state index contributed by atoms with van der Waals surface area (Å²) in [5.41, 5.74) is 4.14. The molecule has 1 aliphatic rings. The van der Waals surface area contributed by atoms with Gasteiger partial charge in [0.05, 0.1) is 5.52 Å². The number of fused-ring (bicyclic) bond motifs is 1. The van der Waals surface area contributed by atoms with Crippen molar-refractivity contribution >= 4 is 11.1 Å². The molecule has 4 nitrogen and oxygen atoms in total. The van der Waals surface area contributed by atoms with Crippen LogP contribution in [0, 0.1) is 5.92 Å². The van der Waals surface area contributed by atoms with Crippen LogP contribution < -0.4 is 5.76 Å². The Balaban J connectivity index is 1.23. The molecule has 1 aromatic heterocycles. The molecule has 24 heavy (non-hydrogen) atoms. The molecule has 3 aromatic rings. The third-order valence-corrected chi connectivity index (χ3v) is 4.82. The number of hydrogen-bond acceptors (Lipinski definition) is 3. The van der Waals surface area contributed by atoms with E-state index in [2.05, 4.69) is 46.3 Å². The second-order valence-corrected chi connectivity index (χ2v) is 6.76. The van der Waals surface area contributed by atoms with Gasteiger partial charge >= 0.3 is 5.76 Å². The average molecular weight is 322 g/mol. The van der Waals surface area contributed by atoms with Crippen LogP contribution in [0.3, 0.4) is 0 Å². The largest absolute Gasteiger partial charge is 0.417 e. The smallest absolute Gasteiger partial charge is 0.408 e. The molecule has 1 fully saturated rings. The highest BCUT2D eigenvalue weighted by Crippen LogP contribution is 2.22. The zero-order valence-electron chi connectivity index (χ0n) is 13.7. The summed E-state index contributed by atoms with van der Waals surface area (Å²) in [5.74, 6) is 0.341. The molecule has 0 unspecified atom stereocenters. The van der Waals surface area contributed by atoms with Crippen molar-refractivity contribution in [2.75, 3.05) is 19.6 Å². The predicted molar refractivity (Wildman–Crippen MR) is 95.2 cm³/mol. The van der Waals surface area contributed by atoms with E-state index in [1.165, 1.54) is 37.2 Å². The predicted octanol–water partition coefficient (Wildman–Crippen LogP) is 3.23. The molecule has 4 heteroatoms. The minimum absolute atomic E-state index is 0.379. The summed E-state index contributed by atoms with van der Waals surface area (Å²) in [6.07, 6.45) is 3.45. The lowest BCUT2D eigenvalue weighted by atomic mass is 9.91. The lowest BCUT2D eigenvalue weighted by Gasteiger charge is -2.39. The number of benzene rings is 2. The van der Waals surface area contributed by atoms with Crippen LogP contribution in [0.15, 0.2) is 57.7 Å². The van der Waals surface area contributed by atoms with Crippen LogP contribution in [0.25, 0.3) is 11.1 Å². The summed E-state index contributed by atoms with van der Waals surface area (Å²) in [6.45, 7) is 3.53. The van der Waals surface area contributed by atoms with Gasteiger partial charge in [-0.3, -0.25) is 4.98 Å². The number of nitrogens with one attached hydrogen (secondary N) is 1. The van der Waals surface area contributed by atoms with Gasteiger partial charge in [0.1, 0.15) is 0 Å². The second kappa shape index (κ2) is 6.65. The molecular weight excluding hydrogens is 300 g/mol. The molecular formula is C20H22N2O2. The molecule has 0 radical (unpaired) electrons. The first kappa shape index (κ1) is 15.2. The number of aromatic amines is 1. The number of hydrogen-bond donors (Lipinski definition) is 1. The van der Waals surface area contributed by atoms with Crippen molar-refractivity contribution in [1.82, 2.24) is 9.88 Å². The molecule has 4 rings (SSSR count). The Hall–Kier alpha value is -2.33. The minimum Gasteiger partial charge on any atom is -0.408 e. The summed E-state index contributed by atoms with van der Waals surface area (Å²) < 4.78 is 5.05. The Bertz CT molecular complexity index is 860. The van der Waals surface area contributed by atoms with Crippen molar-refractivity contribution in [3.05, 3.63) is 70.2 Å².